The van der Waals surface area contributed by atoms with Gasteiger partial charge >= 0.3 is 11.9 Å². The van der Waals surface area contributed by atoms with Gasteiger partial charge in [0.1, 0.15) is 18.1 Å². The number of esters is 1. The van der Waals surface area contributed by atoms with Crippen molar-refractivity contribution in [3.8, 4) is 11.3 Å². The summed E-state index contributed by atoms with van der Waals surface area (Å²) in [5, 5.41) is 0. The summed E-state index contributed by atoms with van der Waals surface area (Å²) in [4.78, 5) is 35.8. The van der Waals surface area contributed by atoms with E-state index >= 15 is 0 Å². The van der Waals surface area contributed by atoms with Crippen molar-refractivity contribution in [3.63, 3.8) is 0 Å². The summed E-state index contributed by atoms with van der Waals surface area (Å²) in [5.41, 5.74) is 2.45. The van der Waals surface area contributed by atoms with Crippen LogP contribution in [-0.2, 0) is 17.8 Å². The molecule has 2 aromatic carbocycles. The molecule has 3 heterocycles. The van der Waals surface area contributed by atoms with Gasteiger partial charge in [-0.1, -0.05) is 36.4 Å². The number of carbonyl (C=O) groups excluding carboxylic acids is 2. The summed E-state index contributed by atoms with van der Waals surface area (Å²) < 4.78 is 24.6. The Morgan fingerprint density at radius 2 is 1.85 bits per heavy atom. The summed E-state index contributed by atoms with van der Waals surface area (Å²) in [6, 6.07) is 18.4. The zero-order chi connectivity index (χ0) is 22.8. The fraction of sp³-hybridized carbons (Fsp3) is 0.120. The summed E-state index contributed by atoms with van der Waals surface area (Å²) >= 11 is 0. The summed E-state index contributed by atoms with van der Waals surface area (Å²) in [6.07, 6.45) is 2.12. The van der Waals surface area contributed by atoms with Crippen molar-refractivity contribution < 1.29 is 23.1 Å². The molecule has 1 amide bonds. The average Bonchev–Trinajstić information content (AvgIpc) is 3.29. The number of halogens is 1. The predicted octanol–water partition coefficient (Wildman–Crippen LogP) is 4.44. The van der Waals surface area contributed by atoms with Crippen molar-refractivity contribution in [2.45, 2.75) is 13.0 Å². The molecule has 7 nitrogen and oxygen atoms in total. The molecule has 1 aliphatic rings. The van der Waals surface area contributed by atoms with Crippen LogP contribution < -0.4 is 4.90 Å². The maximum absolute atomic E-state index is 13.5. The lowest BCUT2D eigenvalue weighted by Gasteiger charge is -2.26. The van der Waals surface area contributed by atoms with Crippen molar-refractivity contribution >= 4 is 17.7 Å². The largest absolute Gasteiger partial charge is 0.454 e. The van der Waals surface area contributed by atoms with Crippen LogP contribution >= 0.6 is 0 Å². The van der Waals surface area contributed by atoms with Crippen molar-refractivity contribution in [2.24, 2.45) is 0 Å². The molecular weight excluding hydrogens is 425 g/mol. The molecule has 0 aliphatic carbocycles. The lowest BCUT2D eigenvalue weighted by atomic mass is 10.0. The van der Waals surface area contributed by atoms with E-state index in [-0.39, 0.29) is 30.0 Å². The number of oxazole rings is 1. The molecule has 0 unspecified atom stereocenters. The van der Waals surface area contributed by atoms with Crippen LogP contribution in [0, 0.1) is 5.82 Å². The molecule has 5 rings (SSSR count). The molecule has 0 saturated carbocycles. The second kappa shape index (κ2) is 8.66. The third kappa shape index (κ3) is 4.10. The Bertz CT molecular complexity index is 1320. The van der Waals surface area contributed by atoms with Crippen LogP contribution in [0.5, 0.6) is 0 Å². The second-order valence-electron chi connectivity index (χ2n) is 7.46. The second-order valence-corrected chi connectivity index (χ2v) is 7.46. The zero-order valence-corrected chi connectivity index (χ0v) is 17.4. The van der Waals surface area contributed by atoms with Crippen molar-refractivity contribution in [3.05, 3.63) is 101 Å². The first kappa shape index (κ1) is 20.6. The van der Waals surface area contributed by atoms with Crippen LogP contribution in [0.1, 0.15) is 32.3 Å². The number of benzene rings is 2. The van der Waals surface area contributed by atoms with E-state index in [4.69, 9.17) is 9.15 Å². The number of ether oxygens (including phenoxy) is 1. The maximum atomic E-state index is 13.5. The molecular formula is C25H18FN3O4. The highest BCUT2D eigenvalue weighted by Crippen LogP contribution is 2.34. The van der Waals surface area contributed by atoms with Gasteiger partial charge in [0.25, 0.3) is 5.91 Å². The van der Waals surface area contributed by atoms with Gasteiger partial charge < -0.3 is 9.15 Å². The number of nitrogens with zero attached hydrogens (tertiary/aromatic N) is 3. The van der Waals surface area contributed by atoms with Gasteiger partial charge in [0.2, 0.25) is 0 Å². The molecule has 0 N–H and O–H groups in total. The molecule has 164 valence electrons. The van der Waals surface area contributed by atoms with E-state index in [9.17, 15) is 14.0 Å². The van der Waals surface area contributed by atoms with Crippen molar-refractivity contribution in [1.82, 2.24) is 9.97 Å². The molecule has 0 fully saturated rings. The highest BCUT2D eigenvalue weighted by atomic mass is 19.1. The zero-order valence-electron chi connectivity index (χ0n) is 17.4. The molecule has 0 saturated heterocycles. The number of anilines is 1. The lowest BCUT2D eigenvalue weighted by Crippen LogP contribution is -2.38. The highest BCUT2D eigenvalue weighted by molar-refractivity contribution is 6.08. The normalized spacial score (nSPS) is 13.0. The molecule has 8 heteroatoms. The monoisotopic (exact) mass is 443 g/mol. The molecule has 0 spiro atoms. The molecule has 4 aromatic rings. The van der Waals surface area contributed by atoms with E-state index in [0.29, 0.717) is 24.2 Å². The molecule has 0 radical (unpaired) electrons. The van der Waals surface area contributed by atoms with E-state index in [1.165, 1.54) is 29.2 Å². The number of carbonyl (C=O) groups is 2. The topological polar surface area (TPSA) is 85.5 Å². The van der Waals surface area contributed by atoms with Gasteiger partial charge in [-0.05, 0) is 47.9 Å². The fourth-order valence-electron chi connectivity index (χ4n) is 3.65. The highest BCUT2D eigenvalue weighted by Gasteiger charge is 2.33. The van der Waals surface area contributed by atoms with Crippen LogP contribution in [-0.4, -0.2) is 28.4 Å². The number of hydrogen-bond acceptors (Lipinski definition) is 6. The Morgan fingerprint density at radius 3 is 2.64 bits per heavy atom. The van der Waals surface area contributed by atoms with E-state index in [1.54, 1.807) is 12.3 Å². The van der Waals surface area contributed by atoms with E-state index in [0.717, 1.165) is 11.1 Å². The summed E-state index contributed by atoms with van der Waals surface area (Å²) in [7, 11) is 0. The molecule has 0 atom stereocenters. The maximum Gasteiger partial charge on any atom is 0.395 e. The van der Waals surface area contributed by atoms with E-state index in [1.807, 2.05) is 36.4 Å². The van der Waals surface area contributed by atoms with Crippen LogP contribution in [0.15, 0.2) is 77.3 Å². The predicted molar refractivity (Wildman–Crippen MR) is 117 cm³/mol. The first-order chi connectivity index (χ1) is 16.1. The molecule has 1 aliphatic heterocycles. The van der Waals surface area contributed by atoms with Gasteiger partial charge in [0.05, 0.1) is 0 Å². The molecule has 33 heavy (non-hydrogen) atoms. The number of aromatic nitrogens is 2. The third-order valence-electron chi connectivity index (χ3n) is 5.30. The Labute approximate surface area is 188 Å². The number of fused-ring (bicyclic) bond motifs is 1. The minimum atomic E-state index is -0.767. The van der Waals surface area contributed by atoms with Crippen LogP contribution in [0.3, 0.4) is 0 Å². The molecule has 2 aromatic heterocycles. The van der Waals surface area contributed by atoms with E-state index < -0.39 is 11.8 Å². The SMILES string of the molecule is O=C(OCc1ccccc1)c1nc(N2CCc3cccnc3C2=O)c(-c2ccc(F)cc2)o1. The molecule has 0 bridgehead atoms. The smallest absolute Gasteiger partial charge is 0.395 e. The number of hydrogen-bond donors (Lipinski definition) is 0. The summed E-state index contributed by atoms with van der Waals surface area (Å²) in [5.74, 6) is -1.49. The Morgan fingerprint density at radius 1 is 1.06 bits per heavy atom. The van der Waals surface area contributed by atoms with Crippen molar-refractivity contribution in [2.75, 3.05) is 11.4 Å². The van der Waals surface area contributed by atoms with E-state index in [2.05, 4.69) is 9.97 Å². The average molecular weight is 443 g/mol. The van der Waals surface area contributed by atoms with Crippen LogP contribution in [0.25, 0.3) is 11.3 Å². The summed E-state index contributed by atoms with van der Waals surface area (Å²) in [6.45, 7) is 0.375. The van der Waals surface area contributed by atoms with Gasteiger partial charge in [-0.15, -0.1) is 0 Å². The van der Waals surface area contributed by atoms with Gasteiger partial charge in [-0.3, -0.25) is 14.7 Å². The number of amides is 1. The Hall–Kier alpha value is -4.33. The van der Waals surface area contributed by atoms with Gasteiger partial charge in [0, 0.05) is 18.3 Å². The standard InChI is InChI=1S/C25H18FN3O4/c26-19-10-8-18(9-11-19)21-22(29-14-12-17-7-4-13-27-20(17)24(29)30)28-23(33-21)25(31)32-15-16-5-2-1-3-6-16/h1-11,13H,12,14-15H2. The fourth-order valence-corrected chi connectivity index (χ4v) is 3.65. The number of rotatable bonds is 5. The number of pyridine rings is 1. The minimum Gasteiger partial charge on any atom is -0.454 e. The minimum absolute atomic E-state index is 0.0448. The van der Waals surface area contributed by atoms with Crippen molar-refractivity contribution in [1.29, 1.82) is 0 Å². The first-order valence-electron chi connectivity index (χ1n) is 10.3. The quantitative estimate of drug-likeness (QED) is 0.424. The van der Waals surface area contributed by atoms with Gasteiger partial charge in [0.15, 0.2) is 11.6 Å². The van der Waals surface area contributed by atoms with Gasteiger partial charge in [-0.25, -0.2) is 9.18 Å². The lowest BCUT2D eigenvalue weighted by molar-refractivity contribution is 0.0427. The van der Waals surface area contributed by atoms with Gasteiger partial charge in [-0.2, -0.15) is 4.98 Å². The Kier molecular flexibility index (Phi) is 5.40. The van der Waals surface area contributed by atoms with Crippen LogP contribution in [0.4, 0.5) is 10.2 Å². The first-order valence-corrected chi connectivity index (χ1v) is 10.3. The van der Waals surface area contributed by atoms with Crippen LogP contribution in [0.2, 0.25) is 0 Å². The third-order valence-corrected chi connectivity index (χ3v) is 5.30. The Balaban J connectivity index is 1.49.